The van der Waals surface area contributed by atoms with E-state index in [9.17, 15) is 4.79 Å². The molecule has 4 aromatic rings. The van der Waals surface area contributed by atoms with Crippen LogP contribution in [0, 0.1) is 0 Å². The summed E-state index contributed by atoms with van der Waals surface area (Å²) in [5.41, 5.74) is 4.12. The molecule has 0 radical (unpaired) electrons. The number of nitrogens with zero attached hydrogens (tertiary/aromatic N) is 2. The average Bonchev–Trinajstić information content (AvgIpc) is 3.18. The largest absolute Gasteiger partial charge is 0.316 e. The minimum Gasteiger partial charge on any atom is -0.316 e. The lowest BCUT2D eigenvalue weighted by Gasteiger charge is -2.14. The van der Waals surface area contributed by atoms with E-state index in [1.807, 2.05) is 84.9 Å². The number of aryl methyl sites for hydroxylation is 1. The van der Waals surface area contributed by atoms with Crippen molar-refractivity contribution in [1.29, 1.82) is 0 Å². The van der Waals surface area contributed by atoms with Crippen molar-refractivity contribution < 1.29 is 4.79 Å². The van der Waals surface area contributed by atoms with Gasteiger partial charge in [-0.15, -0.1) is 11.3 Å². The van der Waals surface area contributed by atoms with Crippen molar-refractivity contribution in [1.82, 2.24) is 4.57 Å². The Bertz CT molecular complexity index is 1240. The van der Waals surface area contributed by atoms with Crippen molar-refractivity contribution in [3.8, 4) is 11.3 Å². The van der Waals surface area contributed by atoms with Crippen LogP contribution in [0.2, 0.25) is 5.02 Å². The molecule has 1 heterocycles. The number of rotatable bonds is 7. The molecule has 0 fully saturated rings. The van der Waals surface area contributed by atoms with E-state index in [1.54, 1.807) is 11.3 Å². The number of benzene rings is 3. The number of hydrogen-bond acceptors (Lipinski definition) is 2. The van der Waals surface area contributed by atoms with Crippen molar-refractivity contribution in [2.24, 2.45) is 4.99 Å². The summed E-state index contributed by atoms with van der Waals surface area (Å²) in [7, 11) is 0. The zero-order chi connectivity index (χ0) is 23.2. The first-order valence-electron chi connectivity index (χ1n) is 11.3. The normalized spacial score (nSPS) is 11.8. The number of thiazole rings is 1. The Morgan fingerprint density at radius 2 is 1.48 bits per heavy atom. The molecule has 3 aromatic carbocycles. The molecule has 0 N–H and O–H groups in total. The highest BCUT2D eigenvalue weighted by Gasteiger charge is 2.23. The van der Waals surface area contributed by atoms with Crippen molar-refractivity contribution in [2.75, 3.05) is 0 Å². The van der Waals surface area contributed by atoms with Crippen LogP contribution < -0.4 is 4.80 Å². The summed E-state index contributed by atoms with van der Waals surface area (Å²) in [5, 5.41) is 0.711. The molecule has 4 rings (SSSR count). The van der Waals surface area contributed by atoms with E-state index in [2.05, 4.69) is 18.4 Å². The molecule has 0 saturated carbocycles. The van der Waals surface area contributed by atoms with Gasteiger partial charge in [0.05, 0.1) is 11.6 Å². The van der Waals surface area contributed by atoms with Crippen LogP contribution in [-0.4, -0.2) is 10.5 Å². The van der Waals surface area contributed by atoms with Gasteiger partial charge in [0.2, 0.25) is 0 Å². The SMILES string of the molecule is CCCc1sc(=NC(=O)C(c2ccccc2)c2ccccc2)n(CC)c1-c1ccc(Cl)cc1. The summed E-state index contributed by atoms with van der Waals surface area (Å²) in [6, 6.07) is 27.7. The van der Waals surface area contributed by atoms with E-state index in [1.165, 1.54) is 4.88 Å². The van der Waals surface area contributed by atoms with E-state index in [-0.39, 0.29) is 5.91 Å². The Kier molecular flexibility index (Phi) is 7.58. The average molecular weight is 475 g/mol. The second-order valence-electron chi connectivity index (χ2n) is 7.86. The molecular weight excluding hydrogens is 448 g/mol. The van der Waals surface area contributed by atoms with E-state index in [4.69, 9.17) is 16.6 Å². The zero-order valence-electron chi connectivity index (χ0n) is 18.9. The first kappa shape index (κ1) is 23.2. The minimum absolute atomic E-state index is 0.151. The topological polar surface area (TPSA) is 34.4 Å². The fourth-order valence-electron chi connectivity index (χ4n) is 4.08. The summed E-state index contributed by atoms with van der Waals surface area (Å²) in [4.78, 5) is 20.3. The Morgan fingerprint density at radius 3 is 2.00 bits per heavy atom. The maximum atomic E-state index is 13.7. The van der Waals surface area contributed by atoms with Crippen LogP contribution in [0.4, 0.5) is 0 Å². The fourth-order valence-corrected chi connectivity index (χ4v) is 5.53. The highest BCUT2D eigenvalue weighted by molar-refractivity contribution is 7.09. The second-order valence-corrected chi connectivity index (χ2v) is 9.36. The number of carbonyl (C=O) groups is 1. The number of amides is 1. The summed E-state index contributed by atoms with van der Waals surface area (Å²) >= 11 is 7.74. The lowest BCUT2D eigenvalue weighted by atomic mass is 9.91. The Morgan fingerprint density at radius 1 is 0.909 bits per heavy atom. The van der Waals surface area contributed by atoms with Crippen molar-refractivity contribution in [2.45, 2.75) is 39.2 Å². The molecule has 0 bridgehead atoms. The van der Waals surface area contributed by atoms with Crippen molar-refractivity contribution >= 4 is 28.8 Å². The second kappa shape index (κ2) is 10.8. The molecule has 5 heteroatoms. The molecule has 1 aromatic heterocycles. The quantitative estimate of drug-likeness (QED) is 0.281. The monoisotopic (exact) mass is 474 g/mol. The Balaban J connectivity index is 1.85. The third-order valence-corrected chi connectivity index (χ3v) is 7.00. The molecule has 0 aliphatic rings. The maximum Gasteiger partial charge on any atom is 0.260 e. The van der Waals surface area contributed by atoms with Crippen molar-refractivity contribution in [3.63, 3.8) is 0 Å². The summed E-state index contributed by atoms with van der Waals surface area (Å²) in [6.07, 6.45) is 1.96. The Labute approximate surface area is 204 Å². The molecular formula is C28H27ClN2OS. The Hall–Kier alpha value is -2.95. The van der Waals surface area contributed by atoms with E-state index < -0.39 is 5.92 Å². The lowest BCUT2D eigenvalue weighted by Crippen LogP contribution is -2.20. The zero-order valence-corrected chi connectivity index (χ0v) is 20.4. The third kappa shape index (κ3) is 5.18. The summed E-state index contributed by atoms with van der Waals surface area (Å²) in [5.74, 6) is -0.588. The van der Waals surface area contributed by atoms with Gasteiger partial charge >= 0.3 is 0 Å². The molecule has 168 valence electrons. The number of carbonyl (C=O) groups excluding carboxylic acids is 1. The molecule has 0 atom stereocenters. The molecule has 0 aliphatic heterocycles. The van der Waals surface area contributed by atoms with Gasteiger partial charge in [-0.25, -0.2) is 0 Å². The highest BCUT2D eigenvalue weighted by atomic mass is 35.5. The van der Waals surface area contributed by atoms with E-state index in [0.717, 1.165) is 46.6 Å². The van der Waals surface area contributed by atoms with Crippen LogP contribution in [-0.2, 0) is 17.8 Å². The molecule has 0 spiro atoms. The molecule has 0 aliphatic carbocycles. The number of hydrogen-bond donors (Lipinski definition) is 0. The highest BCUT2D eigenvalue weighted by Crippen LogP contribution is 2.29. The summed E-state index contributed by atoms with van der Waals surface area (Å²) in [6.45, 7) is 4.99. The van der Waals surface area contributed by atoms with Crippen LogP contribution >= 0.6 is 22.9 Å². The summed E-state index contributed by atoms with van der Waals surface area (Å²) < 4.78 is 2.16. The lowest BCUT2D eigenvalue weighted by molar-refractivity contribution is -0.118. The van der Waals surface area contributed by atoms with Gasteiger partial charge in [-0.05, 0) is 42.2 Å². The molecule has 3 nitrogen and oxygen atoms in total. The minimum atomic E-state index is -0.437. The number of aromatic nitrogens is 1. The molecule has 33 heavy (non-hydrogen) atoms. The van der Waals surface area contributed by atoms with Gasteiger partial charge in [0, 0.05) is 16.4 Å². The van der Waals surface area contributed by atoms with Gasteiger partial charge in [0.25, 0.3) is 5.91 Å². The maximum absolute atomic E-state index is 13.7. The van der Waals surface area contributed by atoms with Crippen molar-refractivity contribution in [3.05, 3.63) is 111 Å². The van der Waals surface area contributed by atoms with Crippen LogP contribution in [0.5, 0.6) is 0 Å². The van der Waals surface area contributed by atoms with E-state index in [0.29, 0.717) is 5.02 Å². The van der Waals surface area contributed by atoms with Gasteiger partial charge in [-0.3, -0.25) is 4.79 Å². The van der Waals surface area contributed by atoms with E-state index >= 15 is 0 Å². The fraction of sp³-hybridized carbons (Fsp3) is 0.214. The van der Waals surface area contributed by atoms with Crippen LogP contribution in [0.25, 0.3) is 11.3 Å². The van der Waals surface area contributed by atoms with Gasteiger partial charge in [0.15, 0.2) is 4.80 Å². The van der Waals surface area contributed by atoms with Crippen LogP contribution in [0.3, 0.4) is 0 Å². The third-order valence-electron chi connectivity index (χ3n) is 5.61. The number of halogens is 1. The van der Waals surface area contributed by atoms with Gasteiger partial charge < -0.3 is 4.57 Å². The smallest absolute Gasteiger partial charge is 0.260 e. The van der Waals surface area contributed by atoms with Gasteiger partial charge in [-0.2, -0.15) is 4.99 Å². The standard InChI is InChI=1S/C28H27ClN2OS/c1-3-11-24-26(22-16-18-23(29)19-17-22)31(4-2)28(33-24)30-27(32)25(20-12-7-5-8-13-20)21-14-9-6-10-15-21/h5-10,12-19,25H,3-4,11H2,1-2H3. The molecule has 1 amide bonds. The first-order chi connectivity index (χ1) is 16.1. The van der Waals surface area contributed by atoms with Crippen LogP contribution in [0.1, 0.15) is 42.2 Å². The molecule has 0 saturated heterocycles. The molecule has 0 unspecified atom stereocenters. The van der Waals surface area contributed by atoms with Crippen LogP contribution in [0.15, 0.2) is 89.9 Å². The predicted molar refractivity (Wildman–Crippen MR) is 138 cm³/mol. The first-order valence-corrected chi connectivity index (χ1v) is 12.5. The predicted octanol–water partition coefficient (Wildman–Crippen LogP) is 7.10. The van der Waals surface area contributed by atoms with Gasteiger partial charge in [-0.1, -0.05) is 97.7 Å². The van der Waals surface area contributed by atoms with Gasteiger partial charge in [0.1, 0.15) is 0 Å².